The van der Waals surface area contributed by atoms with E-state index in [0.717, 1.165) is 0 Å². The van der Waals surface area contributed by atoms with E-state index in [0.29, 0.717) is 19.7 Å². The van der Waals surface area contributed by atoms with Crippen LogP contribution in [-0.2, 0) is 14.0 Å². The lowest BCUT2D eigenvalue weighted by atomic mass is 10.4. The van der Waals surface area contributed by atoms with Crippen molar-refractivity contribution in [3.8, 4) is 0 Å². The molecule has 0 aliphatic heterocycles. The summed E-state index contributed by atoms with van der Waals surface area (Å²) in [6.07, 6.45) is 0. The summed E-state index contributed by atoms with van der Waals surface area (Å²) in [4.78, 5) is 26.6. The molecule has 5 nitrogen and oxygen atoms in total. The van der Waals surface area contributed by atoms with Gasteiger partial charge in [-0.25, -0.2) is 0 Å². The van der Waals surface area contributed by atoms with Crippen molar-refractivity contribution >= 4 is 21.6 Å². The molecule has 0 aromatic heterocycles. The Morgan fingerprint density at radius 2 is 1.47 bits per heavy atom. The van der Waals surface area contributed by atoms with E-state index in [-0.39, 0.29) is 17.6 Å². The van der Waals surface area contributed by atoms with Crippen LogP contribution in [-0.4, -0.2) is 56.9 Å². The van der Waals surface area contributed by atoms with Crippen molar-refractivity contribution in [2.45, 2.75) is 40.4 Å². The van der Waals surface area contributed by atoms with Crippen LogP contribution >= 0.6 is 0 Å². The van der Waals surface area contributed by atoms with Crippen molar-refractivity contribution in [2.24, 2.45) is 0 Å². The van der Waals surface area contributed by atoms with Gasteiger partial charge in [0.05, 0.1) is 0 Å². The molecule has 17 heavy (non-hydrogen) atoms. The molecular weight excluding hydrogens is 236 g/mol. The van der Waals surface area contributed by atoms with Crippen LogP contribution in [0.25, 0.3) is 0 Å². The molecule has 6 heteroatoms. The minimum absolute atomic E-state index is 0.00981. The van der Waals surface area contributed by atoms with E-state index in [2.05, 4.69) is 0 Å². The van der Waals surface area contributed by atoms with Gasteiger partial charge in [0.2, 0.25) is 21.6 Å². The molecule has 0 rings (SSSR count). The zero-order chi connectivity index (χ0) is 13.4. The zero-order valence-electron chi connectivity index (χ0n) is 11.5. The molecule has 0 aromatic rings. The van der Waals surface area contributed by atoms with Gasteiger partial charge >= 0.3 is 0 Å². The lowest BCUT2D eigenvalue weighted by Crippen LogP contribution is -2.55. The lowest BCUT2D eigenvalue weighted by molar-refractivity contribution is -0.139. The number of nitrogens with zero attached hydrogens (tertiary/aromatic N) is 2. The van der Waals surface area contributed by atoms with Gasteiger partial charge in [0.25, 0.3) is 0 Å². The molecular formula is C11H24N2O3Si. The summed E-state index contributed by atoms with van der Waals surface area (Å²) in [5, 5.41) is 0. The first-order valence-corrected chi connectivity index (χ1v) is 7.51. The topological polar surface area (TPSA) is 49.9 Å². The molecule has 100 valence electrons. The Balaban J connectivity index is 4.93. The average Bonchev–Trinajstić information content (AvgIpc) is 2.25. The van der Waals surface area contributed by atoms with Crippen molar-refractivity contribution in [3.63, 3.8) is 0 Å². The minimum atomic E-state index is -0.967. The average molecular weight is 260 g/mol. The minimum Gasteiger partial charge on any atom is -0.420 e. The third-order valence-corrected chi connectivity index (χ3v) is 4.50. The van der Waals surface area contributed by atoms with Gasteiger partial charge in [0, 0.05) is 33.5 Å². The summed E-state index contributed by atoms with van der Waals surface area (Å²) in [7, 11) is -0.967. The molecule has 0 N–H and O–H groups in total. The Bertz CT molecular complexity index is 239. The quantitative estimate of drug-likeness (QED) is 0.483. The third-order valence-electron chi connectivity index (χ3n) is 2.68. The van der Waals surface area contributed by atoms with E-state index < -0.39 is 9.76 Å². The second-order valence-corrected chi connectivity index (χ2v) is 5.22. The van der Waals surface area contributed by atoms with Gasteiger partial charge in [0.15, 0.2) is 0 Å². The summed E-state index contributed by atoms with van der Waals surface area (Å²) in [6, 6.07) is 0. The van der Waals surface area contributed by atoms with Crippen molar-refractivity contribution < 1.29 is 14.0 Å². The van der Waals surface area contributed by atoms with Crippen LogP contribution in [0.1, 0.15) is 34.6 Å². The Labute approximate surface area is 106 Å². The Morgan fingerprint density at radius 3 is 1.71 bits per heavy atom. The first-order valence-electron chi connectivity index (χ1n) is 6.11. The first kappa shape index (κ1) is 16.1. The number of rotatable bonds is 7. The van der Waals surface area contributed by atoms with E-state index >= 15 is 0 Å². The van der Waals surface area contributed by atoms with Crippen LogP contribution in [0.3, 0.4) is 0 Å². The fourth-order valence-corrected chi connectivity index (χ4v) is 3.70. The highest BCUT2D eigenvalue weighted by Gasteiger charge is 2.27. The van der Waals surface area contributed by atoms with Crippen LogP contribution in [0, 0.1) is 0 Å². The number of hydrogen-bond donors (Lipinski definition) is 0. The summed E-state index contributed by atoms with van der Waals surface area (Å²) in [6.45, 7) is 10.7. The van der Waals surface area contributed by atoms with Gasteiger partial charge in [-0.15, -0.1) is 0 Å². The fourth-order valence-electron chi connectivity index (χ4n) is 1.86. The maximum Gasteiger partial charge on any atom is 0.220 e. The zero-order valence-corrected chi connectivity index (χ0v) is 12.9. The van der Waals surface area contributed by atoms with Gasteiger partial charge in [-0.05, 0) is 20.8 Å². The number of carbonyl (C=O) groups is 2. The molecule has 2 amide bonds. The molecule has 0 fully saturated rings. The lowest BCUT2D eigenvalue weighted by Gasteiger charge is -2.37. The summed E-state index contributed by atoms with van der Waals surface area (Å²) < 4.78 is 5.51. The van der Waals surface area contributed by atoms with Crippen molar-refractivity contribution in [1.29, 1.82) is 0 Å². The monoisotopic (exact) mass is 260 g/mol. The highest BCUT2D eigenvalue weighted by Crippen LogP contribution is 2.07. The molecule has 0 radical (unpaired) electrons. The van der Waals surface area contributed by atoms with Crippen molar-refractivity contribution in [3.05, 3.63) is 0 Å². The summed E-state index contributed by atoms with van der Waals surface area (Å²) >= 11 is 0. The van der Waals surface area contributed by atoms with Gasteiger partial charge in [-0.3, -0.25) is 9.59 Å². The largest absolute Gasteiger partial charge is 0.420 e. The number of hydrogen-bond acceptors (Lipinski definition) is 3. The predicted octanol–water partition coefficient (Wildman–Crippen LogP) is 0.127. The Morgan fingerprint density at radius 1 is 1.06 bits per heavy atom. The van der Waals surface area contributed by atoms with E-state index in [1.165, 1.54) is 13.8 Å². The maximum atomic E-state index is 11.6. The highest BCUT2D eigenvalue weighted by molar-refractivity contribution is 6.30. The SMILES string of the molecule is CCO[SiH2]C(N(CC)C(C)=O)N(CC)C(C)=O. The summed E-state index contributed by atoms with van der Waals surface area (Å²) in [5.41, 5.74) is 0. The van der Waals surface area contributed by atoms with Gasteiger partial charge in [-0.2, -0.15) is 0 Å². The molecule has 0 saturated carbocycles. The smallest absolute Gasteiger partial charge is 0.220 e. The van der Waals surface area contributed by atoms with Crippen LogP contribution < -0.4 is 0 Å². The number of carbonyl (C=O) groups excluding carboxylic acids is 2. The van der Waals surface area contributed by atoms with Crippen LogP contribution in [0.15, 0.2) is 0 Å². The second-order valence-electron chi connectivity index (χ2n) is 3.75. The van der Waals surface area contributed by atoms with Crippen LogP contribution in [0.2, 0.25) is 0 Å². The van der Waals surface area contributed by atoms with Crippen molar-refractivity contribution in [1.82, 2.24) is 9.80 Å². The normalized spacial score (nSPS) is 11.2. The molecule has 0 spiro atoms. The van der Waals surface area contributed by atoms with E-state index in [1.807, 2.05) is 20.8 Å². The van der Waals surface area contributed by atoms with Gasteiger partial charge in [-0.1, -0.05) is 0 Å². The van der Waals surface area contributed by atoms with E-state index in [4.69, 9.17) is 4.43 Å². The third kappa shape index (κ3) is 4.87. The molecule has 0 bridgehead atoms. The molecule has 0 aliphatic rings. The molecule has 0 atom stereocenters. The predicted molar refractivity (Wildman–Crippen MR) is 70.1 cm³/mol. The molecule has 0 saturated heterocycles. The molecule has 0 unspecified atom stereocenters. The fraction of sp³-hybridized carbons (Fsp3) is 0.818. The standard InChI is InChI=1S/C11H24N2O3Si/c1-6-12(9(4)14)11(17-16-8-3)13(7-2)10(5)15/h11H,6-8,17H2,1-5H3. The van der Waals surface area contributed by atoms with Crippen molar-refractivity contribution in [2.75, 3.05) is 19.7 Å². The number of amides is 2. The van der Waals surface area contributed by atoms with Gasteiger partial charge in [0.1, 0.15) is 5.79 Å². The summed E-state index contributed by atoms with van der Waals surface area (Å²) in [5.74, 6) is -0.186. The van der Waals surface area contributed by atoms with E-state index in [1.54, 1.807) is 9.80 Å². The molecule has 0 aliphatic carbocycles. The highest BCUT2D eigenvalue weighted by atomic mass is 28.2. The van der Waals surface area contributed by atoms with Crippen LogP contribution in [0.5, 0.6) is 0 Å². The van der Waals surface area contributed by atoms with Crippen LogP contribution in [0.4, 0.5) is 0 Å². The molecule has 0 aromatic carbocycles. The first-order chi connectivity index (χ1) is 7.99. The maximum absolute atomic E-state index is 11.6. The Kier molecular flexibility index (Phi) is 7.82. The second kappa shape index (κ2) is 8.24. The molecule has 0 heterocycles. The Hall–Kier alpha value is -0.883. The van der Waals surface area contributed by atoms with E-state index in [9.17, 15) is 9.59 Å². The van der Waals surface area contributed by atoms with Gasteiger partial charge < -0.3 is 14.2 Å².